The van der Waals surface area contributed by atoms with E-state index in [2.05, 4.69) is 5.32 Å². The van der Waals surface area contributed by atoms with E-state index in [0.29, 0.717) is 19.3 Å². The number of fused-ring (bicyclic) bond motifs is 3. The summed E-state index contributed by atoms with van der Waals surface area (Å²) < 4.78 is 10.7. The molecule has 112 valence electrons. The van der Waals surface area contributed by atoms with E-state index in [1.54, 1.807) is 0 Å². The number of nitrogens with one attached hydrogen (secondary N) is 1. The van der Waals surface area contributed by atoms with Crippen molar-refractivity contribution in [3.63, 3.8) is 0 Å². The van der Waals surface area contributed by atoms with Crippen molar-refractivity contribution in [3.8, 4) is 11.5 Å². The zero-order valence-electron chi connectivity index (χ0n) is 12.1. The molecule has 0 aromatic heterocycles. The molecule has 4 nitrogen and oxygen atoms in total. The number of aryl methyl sites for hydroxylation is 1. The van der Waals surface area contributed by atoms with Crippen LogP contribution in [0.15, 0.2) is 18.2 Å². The Morgan fingerprint density at radius 3 is 2.90 bits per heavy atom. The highest BCUT2D eigenvalue weighted by Gasteiger charge is 2.39. The number of ether oxygens (including phenoxy) is 2. The summed E-state index contributed by atoms with van der Waals surface area (Å²) in [5, 5.41) is 3.24. The summed E-state index contributed by atoms with van der Waals surface area (Å²) in [7, 11) is 0. The Kier molecular flexibility index (Phi) is 3.24. The van der Waals surface area contributed by atoms with Crippen molar-refractivity contribution < 1.29 is 14.3 Å². The van der Waals surface area contributed by atoms with Crippen molar-refractivity contribution in [2.75, 3.05) is 6.79 Å². The van der Waals surface area contributed by atoms with E-state index in [0.717, 1.165) is 35.3 Å². The minimum Gasteiger partial charge on any atom is -0.454 e. The first-order valence-electron chi connectivity index (χ1n) is 7.96. The predicted molar refractivity (Wildman–Crippen MR) is 78.3 cm³/mol. The van der Waals surface area contributed by atoms with Crippen LogP contribution in [-0.4, -0.2) is 18.7 Å². The molecule has 2 bridgehead atoms. The molecule has 2 saturated carbocycles. The van der Waals surface area contributed by atoms with Crippen LogP contribution in [-0.2, 0) is 11.2 Å². The van der Waals surface area contributed by atoms with Gasteiger partial charge in [0.05, 0.1) is 0 Å². The van der Waals surface area contributed by atoms with Crippen LogP contribution in [0.4, 0.5) is 0 Å². The van der Waals surface area contributed by atoms with Crippen LogP contribution in [0.1, 0.15) is 37.7 Å². The maximum absolute atomic E-state index is 12.1. The third kappa shape index (κ3) is 2.59. The number of benzene rings is 1. The molecular formula is C17H21NO3. The molecule has 3 atom stereocenters. The molecule has 0 saturated heterocycles. The average Bonchev–Trinajstić information content (AvgIpc) is 3.20. The van der Waals surface area contributed by atoms with Crippen molar-refractivity contribution in [1.29, 1.82) is 0 Å². The van der Waals surface area contributed by atoms with Crippen LogP contribution in [0.5, 0.6) is 11.5 Å². The van der Waals surface area contributed by atoms with E-state index in [1.807, 2.05) is 18.2 Å². The fraction of sp³-hybridized carbons (Fsp3) is 0.588. The third-order valence-electron chi connectivity index (χ3n) is 5.16. The number of carbonyl (C=O) groups excluding carboxylic acids is 1. The first-order chi connectivity index (χ1) is 10.3. The fourth-order valence-electron chi connectivity index (χ4n) is 4.05. The number of amides is 1. The minimum absolute atomic E-state index is 0.185. The van der Waals surface area contributed by atoms with E-state index in [-0.39, 0.29) is 5.91 Å². The summed E-state index contributed by atoms with van der Waals surface area (Å²) in [4.78, 5) is 12.1. The van der Waals surface area contributed by atoms with Gasteiger partial charge in [0.1, 0.15) is 0 Å². The second kappa shape index (κ2) is 5.24. The van der Waals surface area contributed by atoms with E-state index < -0.39 is 0 Å². The van der Waals surface area contributed by atoms with E-state index in [1.165, 1.54) is 25.7 Å². The quantitative estimate of drug-likeness (QED) is 0.926. The van der Waals surface area contributed by atoms with Gasteiger partial charge in [0.25, 0.3) is 0 Å². The summed E-state index contributed by atoms with van der Waals surface area (Å²) in [6.45, 7) is 0.295. The first-order valence-corrected chi connectivity index (χ1v) is 7.96. The Morgan fingerprint density at radius 2 is 2.10 bits per heavy atom. The second-order valence-electron chi connectivity index (χ2n) is 6.54. The minimum atomic E-state index is 0.185. The maximum Gasteiger partial charge on any atom is 0.231 e. The van der Waals surface area contributed by atoms with Gasteiger partial charge in [-0.05, 0) is 55.2 Å². The molecule has 3 aliphatic rings. The summed E-state index contributed by atoms with van der Waals surface area (Å²) in [5.41, 5.74) is 1.13. The van der Waals surface area contributed by atoms with E-state index in [9.17, 15) is 4.79 Å². The SMILES string of the molecule is O=C(CCc1ccc2c(c1)OCO2)N[C@H]1C[C@H]2CC[C@@H]1C2. The van der Waals surface area contributed by atoms with Gasteiger partial charge in [0.15, 0.2) is 11.5 Å². The molecule has 2 fully saturated rings. The number of hydrogen-bond donors (Lipinski definition) is 1. The molecule has 0 spiro atoms. The van der Waals surface area contributed by atoms with Crippen LogP contribution in [0, 0.1) is 11.8 Å². The zero-order chi connectivity index (χ0) is 14.2. The lowest BCUT2D eigenvalue weighted by Crippen LogP contribution is -2.38. The van der Waals surface area contributed by atoms with Crippen LogP contribution in [0.2, 0.25) is 0 Å². The molecule has 1 N–H and O–H groups in total. The number of rotatable bonds is 4. The normalized spacial score (nSPS) is 28.9. The highest BCUT2D eigenvalue weighted by Crippen LogP contribution is 2.44. The molecule has 21 heavy (non-hydrogen) atoms. The van der Waals surface area contributed by atoms with Gasteiger partial charge in [-0.3, -0.25) is 4.79 Å². The van der Waals surface area contributed by atoms with Crippen LogP contribution < -0.4 is 14.8 Å². The van der Waals surface area contributed by atoms with Gasteiger partial charge >= 0.3 is 0 Å². The molecular weight excluding hydrogens is 266 g/mol. The lowest BCUT2D eigenvalue weighted by atomic mass is 9.95. The van der Waals surface area contributed by atoms with Crippen LogP contribution in [0.3, 0.4) is 0 Å². The summed E-state index contributed by atoms with van der Waals surface area (Å²) in [5.74, 6) is 3.38. The van der Waals surface area contributed by atoms with Crippen molar-refractivity contribution in [2.45, 2.75) is 44.6 Å². The Balaban J connectivity index is 1.29. The van der Waals surface area contributed by atoms with Gasteiger partial charge in [0, 0.05) is 12.5 Å². The van der Waals surface area contributed by atoms with Crippen molar-refractivity contribution >= 4 is 5.91 Å². The largest absolute Gasteiger partial charge is 0.454 e. The van der Waals surface area contributed by atoms with Crippen LogP contribution >= 0.6 is 0 Å². The van der Waals surface area contributed by atoms with Gasteiger partial charge in [-0.15, -0.1) is 0 Å². The molecule has 1 amide bonds. The van der Waals surface area contributed by atoms with Crippen molar-refractivity contribution in [3.05, 3.63) is 23.8 Å². The molecule has 1 heterocycles. The Labute approximate surface area is 124 Å². The number of hydrogen-bond acceptors (Lipinski definition) is 3. The monoisotopic (exact) mass is 287 g/mol. The average molecular weight is 287 g/mol. The molecule has 0 radical (unpaired) electrons. The molecule has 0 unspecified atom stereocenters. The Morgan fingerprint density at radius 1 is 1.19 bits per heavy atom. The summed E-state index contributed by atoms with van der Waals surface area (Å²) in [6.07, 6.45) is 6.50. The van der Waals surface area contributed by atoms with Gasteiger partial charge < -0.3 is 14.8 Å². The second-order valence-corrected chi connectivity index (χ2v) is 6.54. The van der Waals surface area contributed by atoms with E-state index in [4.69, 9.17) is 9.47 Å². The zero-order valence-corrected chi connectivity index (χ0v) is 12.1. The van der Waals surface area contributed by atoms with Crippen LogP contribution in [0.25, 0.3) is 0 Å². The smallest absolute Gasteiger partial charge is 0.231 e. The maximum atomic E-state index is 12.1. The van der Waals surface area contributed by atoms with Crippen molar-refractivity contribution in [1.82, 2.24) is 5.32 Å². The summed E-state index contributed by atoms with van der Waals surface area (Å²) in [6, 6.07) is 6.35. The van der Waals surface area contributed by atoms with Gasteiger partial charge in [-0.25, -0.2) is 0 Å². The predicted octanol–water partition coefficient (Wildman–Crippen LogP) is 2.65. The highest BCUT2D eigenvalue weighted by atomic mass is 16.7. The first kappa shape index (κ1) is 13.0. The molecule has 1 aromatic rings. The van der Waals surface area contributed by atoms with Gasteiger partial charge in [0.2, 0.25) is 12.7 Å². The lowest BCUT2D eigenvalue weighted by molar-refractivity contribution is -0.122. The fourth-order valence-corrected chi connectivity index (χ4v) is 4.05. The third-order valence-corrected chi connectivity index (χ3v) is 5.16. The number of carbonyl (C=O) groups is 1. The van der Waals surface area contributed by atoms with Gasteiger partial charge in [-0.1, -0.05) is 12.5 Å². The standard InChI is InChI=1S/C17H21NO3/c19-17(18-14-8-12-1-4-13(14)7-12)6-3-11-2-5-15-16(9-11)21-10-20-15/h2,5,9,12-14H,1,3-4,6-8,10H2,(H,18,19)/t12-,13+,14-/m0/s1. The summed E-state index contributed by atoms with van der Waals surface area (Å²) >= 11 is 0. The highest BCUT2D eigenvalue weighted by molar-refractivity contribution is 5.76. The topological polar surface area (TPSA) is 47.6 Å². The molecule has 1 aliphatic heterocycles. The molecule has 4 heteroatoms. The van der Waals surface area contributed by atoms with E-state index >= 15 is 0 Å². The molecule has 4 rings (SSSR count). The Bertz CT molecular complexity index is 557. The molecule has 1 aromatic carbocycles. The molecule has 2 aliphatic carbocycles. The Hall–Kier alpha value is -1.71. The lowest BCUT2D eigenvalue weighted by Gasteiger charge is -2.22. The van der Waals surface area contributed by atoms with Crippen molar-refractivity contribution in [2.24, 2.45) is 11.8 Å². The van der Waals surface area contributed by atoms with Gasteiger partial charge in [-0.2, -0.15) is 0 Å².